The van der Waals surface area contributed by atoms with Crippen LogP contribution in [0.5, 0.6) is 0 Å². The second-order valence-electron chi connectivity index (χ2n) is 12.9. The summed E-state index contributed by atoms with van der Waals surface area (Å²) in [7, 11) is 0. The number of nitrogens with zero attached hydrogens (tertiary/aromatic N) is 1. The van der Waals surface area contributed by atoms with Crippen LogP contribution in [0.4, 0.5) is 17.1 Å². The van der Waals surface area contributed by atoms with Crippen LogP contribution in [0.25, 0.3) is 55.3 Å². The van der Waals surface area contributed by atoms with Crippen LogP contribution in [0.3, 0.4) is 0 Å². The minimum absolute atomic E-state index is 0.0709. The van der Waals surface area contributed by atoms with Gasteiger partial charge in [-0.25, -0.2) is 0 Å². The lowest BCUT2D eigenvalue weighted by Crippen LogP contribution is -2.15. The Morgan fingerprint density at radius 3 is 1.87 bits per heavy atom. The zero-order valence-corrected chi connectivity index (χ0v) is 26.4. The summed E-state index contributed by atoms with van der Waals surface area (Å²) in [5, 5.41) is 2.26. The van der Waals surface area contributed by atoms with Gasteiger partial charge in [-0.2, -0.15) is 0 Å². The van der Waals surface area contributed by atoms with E-state index >= 15 is 0 Å². The van der Waals surface area contributed by atoms with Crippen molar-refractivity contribution >= 4 is 39.0 Å². The molecule has 0 amide bonds. The van der Waals surface area contributed by atoms with Gasteiger partial charge in [0.25, 0.3) is 0 Å². The van der Waals surface area contributed by atoms with Gasteiger partial charge in [-0.05, 0) is 75.8 Å². The summed E-state index contributed by atoms with van der Waals surface area (Å²) >= 11 is 0. The summed E-state index contributed by atoms with van der Waals surface area (Å²) < 4.78 is 6.19. The van der Waals surface area contributed by atoms with E-state index in [1.807, 2.05) is 12.1 Å². The molecule has 7 aromatic carbocycles. The molecule has 1 aliphatic carbocycles. The van der Waals surface area contributed by atoms with Gasteiger partial charge >= 0.3 is 0 Å². The number of furan rings is 1. The summed E-state index contributed by atoms with van der Waals surface area (Å²) in [6.07, 6.45) is 0. The predicted molar refractivity (Wildman–Crippen MR) is 197 cm³/mol. The maximum atomic E-state index is 6.19. The van der Waals surface area contributed by atoms with Gasteiger partial charge in [-0.1, -0.05) is 135 Å². The molecule has 0 atom stereocenters. The van der Waals surface area contributed by atoms with Crippen molar-refractivity contribution in [2.45, 2.75) is 19.3 Å². The van der Waals surface area contributed by atoms with Gasteiger partial charge in [-0.3, -0.25) is 0 Å². The van der Waals surface area contributed by atoms with Crippen molar-refractivity contribution in [2.75, 3.05) is 4.90 Å². The number of hydrogen-bond donors (Lipinski definition) is 0. The van der Waals surface area contributed by atoms with E-state index in [9.17, 15) is 0 Å². The average Bonchev–Trinajstić information content (AvgIpc) is 3.61. The van der Waals surface area contributed by atoms with Crippen molar-refractivity contribution in [3.8, 4) is 33.4 Å². The maximum Gasteiger partial charge on any atom is 0.135 e. The number of hydrogen-bond acceptors (Lipinski definition) is 2. The van der Waals surface area contributed by atoms with Crippen molar-refractivity contribution in [3.05, 3.63) is 175 Å². The van der Waals surface area contributed by atoms with E-state index < -0.39 is 0 Å². The zero-order valence-electron chi connectivity index (χ0n) is 26.4. The lowest BCUT2D eigenvalue weighted by Gasteiger charge is -2.30. The van der Waals surface area contributed by atoms with Gasteiger partial charge in [0, 0.05) is 33.0 Å². The Labute approximate surface area is 275 Å². The standard InChI is InChI=1S/C45H33NO/c1-45(2)38-22-10-6-20-36(38)44-35(21-14-23-39(44)45)33-18-8-12-25-41(33)46(31-15-4-3-5-16-31)40-24-11-7-17-32(40)30-27-28-43-37(29-30)34-19-9-13-26-42(34)47-43/h3-29H,1-2H3. The molecule has 47 heavy (non-hydrogen) atoms. The summed E-state index contributed by atoms with van der Waals surface area (Å²) in [4.78, 5) is 2.42. The monoisotopic (exact) mass is 603 g/mol. The van der Waals surface area contributed by atoms with Crippen LogP contribution in [-0.2, 0) is 5.41 Å². The van der Waals surface area contributed by atoms with E-state index in [1.54, 1.807) is 0 Å². The van der Waals surface area contributed by atoms with E-state index in [0.29, 0.717) is 0 Å². The summed E-state index contributed by atoms with van der Waals surface area (Å²) in [6.45, 7) is 4.69. The zero-order chi connectivity index (χ0) is 31.5. The minimum atomic E-state index is -0.0709. The van der Waals surface area contributed by atoms with E-state index in [-0.39, 0.29) is 5.41 Å². The predicted octanol–water partition coefficient (Wildman–Crippen LogP) is 12.7. The molecule has 0 spiro atoms. The molecule has 2 heteroatoms. The highest BCUT2D eigenvalue weighted by atomic mass is 16.3. The summed E-state index contributed by atoms with van der Waals surface area (Å²) in [5.74, 6) is 0. The van der Waals surface area contributed by atoms with Crippen LogP contribution in [0.15, 0.2) is 168 Å². The lowest BCUT2D eigenvalue weighted by atomic mass is 9.82. The highest BCUT2D eigenvalue weighted by molar-refractivity contribution is 6.07. The summed E-state index contributed by atoms with van der Waals surface area (Å²) in [5.41, 5.74) is 15.3. The molecule has 1 aromatic heterocycles. The molecule has 0 radical (unpaired) electrons. The first kappa shape index (κ1) is 27.5. The van der Waals surface area contributed by atoms with Crippen LogP contribution in [0.2, 0.25) is 0 Å². The molecule has 0 bridgehead atoms. The molecule has 8 aromatic rings. The van der Waals surface area contributed by atoms with E-state index in [4.69, 9.17) is 4.42 Å². The summed E-state index contributed by atoms with van der Waals surface area (Å²) in [6, 6.07) is 58.9. The molecule has 1 heterocycles. The molecule has 1 aliphatic rings. The fourth-order valence-electron chi connectivity index (χ4n) is 7.67. The lowest BCUT2D eigenvalue weighted by molar-refractivity contribution is 0.660. The van der Waals surface area contributed by atoms with Gasteiger partial charge in [-0.15, -0.1) is 0 Å². The van der Waals surface area contributed by atoms with Crippen LogP contribution in [-0.4, -0.2) is 0 Å². The van der Waals surface area contributed by atoms with Gasteiger partial charge in [0.1, 0.15) is 11.2 Å². The van der Waals surface area contributed by atoms with E-state index in [1.165, 1.54) is 33.4 Å². The van der Waals surface area contributed by atoms with Crippen molar-refractivity contribution < 1.29 is 4.42 Å². The highest BCUT2D eigenvalue weighted by Gasteiger charge is 2.37. The molecule has 0 N–H and O–H groups in total. The number of fused-ring (bicyclic) bond motifs is 6. The highest BCUT2D eigenvalue weighted by Crippen LogP contribution is 2.54. The second-order valence-corrected chi connectivity index (χ2v) is 12.9. The quantitative estimate of drug-likeness (QED) is 0.195. The molecule has 0 unspecified atom stereocenters. The third-order valence-electron chi connectivity index (χ3n) is 9.89. The van der Waals surface area contributed by atoms with Crippen molar-refractivity contribution in [1.29, 1.82) is 0 Å². The molecule has 0 saturated heterocycles. The van der Waals surface area contributed by atoms with E-state index in [2.05, 4.69) is 170 Å². The van der Waals surface area contributed by atoms with Crippen molar-refractivity contribution in [3.63, 3.8) is 0 Å². The fraction of sp³-hybridized carbons (Fsp3) is 0.0667. The Hall–Kier alpha value is -5.86. The molecular formula is C45H33NO. The third kappa shape index (κ3) is 4.26. The molecule has 2 nitrogen and oxygen atoms in total. The minimum Gasteiger partial charge on any atom is -0.456 e. The first-order chi connectivity index (χ1) is 23.1. The largest absolute Gasteiger partial charge is 0.456 e. The van der Waals surface area contributed by atoms with E-state index in [0.717, 1.165) is 50.1 Å². The van der Waals surface area contributed by atoms with Crippen LogP contribution in [0.1, 0.15) is 25.0 Å². The maximum absolute atomic E-state index is 6.19. The molecule has 0 saturated carbocycles. The number of anilines is 3. The number of para-hydroxylation sites is 4. The SMILES string of the molecule is CC1(C)c2ccccc2-c2c(-c3ccccc3N(c3ccccc3)c3ccccc3-c3ccc4oc5ccccc5c4c3)cccc21. The van der Waals surface area contributed by atoms with Gasteiger partial charge in [0.05, 0.1) is 11.4 Å². The topological polar surface area (TPSA) is 16.4 Å². The second kappa shape index (κ2) is 10.6. The Balaban J connectivity index is 1.28. The fourth-order valence-corrected chi connectivity index (χ4v) is 7.67. The Morgan fingerprint density at radius 1 is 0.447 bits per heavy atom. The molecule has 0 aliphatic heterocycles. The molecule has 9 rings (SSSR count). The van der Waals surface area contributed by atoms with Crippen LogP contribution in [0, 0.1) is 0 Å². The Bertz CT molecular complexity index is 2450. The first-order valence-electron chi connectivity index (χ1n) is 16.3. The van der Waals surface area contributed by atoms with Crippen molar-refractivity contribution in [1.82, 2.24) is 0 Å². The van der Waals surface area contributed by atoms with Crippen LogP contribution < -0.4 is 4.90 Å². The first-order valence-corrected chi connectivity index (χ1v) is 16.3. The Morgan fingerprint density at radius 2 is 1.04 bits per heavy atom. The molecular weight excluding hydrogens is 571 g/mol. The van der Waals surface area contributed by atoms with Gasteiger partial charge in [0.15, 0.2) is 0 Å². The average molecular weight is 604 g/mol. The van der Waals surface area contributed by atoms with Crippen molar-refractivity contribution in [2.24, 2.45) is 0 Å². The smallest absolute Gasteiger partial charge is 0.135 e. The molecule has 0 fully saturated rings. The van der Waals surface area contributed by atoms with Gasteiger partial charge < -0.3 is 9.32 Å². The normalized spacial score (nSPS) is 13.1. The molecule has 224 valence electrons. The number of rotatable bonds is 5. The van der Waals surface area contributed by atoms with Gasteiger partial charge in [0.2, 0.25) is 0 Å². The van der Waals surface area contributed by atoms with Crippen LogP contribution >= 0.6 is 0 Å². The number of benzene rings is 7. The third-order valence-corrected chi connectivity index (χ3v) is 9.89. The Kier molecular flexibility index (Phi) is 6.20.